The van der Waals surface area contributed by atoms with Crippen molar-refractivity contribution in [2.75, 3.05) is 52.6 Å². The van der Waals surface area contributed by atoms with E-state index in [0.717, 1.165) is 78.3 Å². The van der Waals surface area contributed by atoms with Gasteiger partial charge < -0.3 is 19.3 Å². The summed E-state index contributed by atoms with van der Waals surface area (Å²) >= 11 is 0. The summed E-state index contributed by atoms with van der Waals surface area (Å²) in [7, 11) is 0. The molecule has 2 saturated heterocycles. The maximum atomic E-state index is 5.52. The number of hydrogen-bond acceptors (Lipinski definition) is 4. The van der Waals surface area contributed by atoms with Crippen molar-refractivity contribution >= 4 is 12.2 Å². The van der Waals surface area contributed by atoms with E-state index in [1.165, 1.54) is 33.7 Å². The topological polar surface area (TPSA) is 24.9 Å². The molecule has 4 heteroatoms. The van der Waals surface area contributed by atoms with E-state index in [2.05, 4.69) is 58.4 Å². The fraction of sp³-hybridized carbons (Fsp3) is 0.462. The zero-order valence-corrected chi connectivity index (χ0v) is 17.8. The molecule has 1 aromatic carbocycles. The molecule has 30 heavy (non-hydrogen) atoms. The number of nitrogens with zero attached hydrogens (tertiary/aromatic N) is 2. The molecule has 2 aliphatic heterocycles. The highest BCUT2D eigenvalue weighted by Crippen LogP contribution is 2.32. The smallest absolute Gasteiger partial charge is 0.0642 e. The zero-order valence-electron chi connectivity index (χ0n) is 17.8. The molecule has 0 spiro atoms. The quantitative estimate of drug-likeness (QED) is 0.739. The second-order valence-electron chi connectivity index (χ2n) is 8.46. The van der Waals surface area contributed by atoms with Crippen molar-refractivity contribution in [1.82, 2.24) is 9.80 Å². The number of ether oxygens (including phenoxy) is 2. The van der Waals surface area contributed by atoms with Gasteiger partial charge in [-0.1, -0.05) is 36.4 Å². The van der Waals surface area contributed by atoms with Crippen LogP contribution in [0.2, 0.25) is 0 Å². The minimum absolute atomic E-state index is 0.842. The Morgan fingerprint density at radius 2 is 1.00 bits per heavy atom. The number of rotatable bonds is 4. The molecule has 1 aromatic rings. The lowest BCUT2D eigenvalue weighted by Gasteiger charge is -2.30. The zero-order chi connectivity index (χ0) is 20.2. The lowest BCUT2D eigenvalue weighted by molar-refractivity contribution is 0.0549. The fourth-order valence-corrected chi connectivity index (χ4v) is 4.90. The van der Waals surface area contributed by atoms with Gasteiger partial charge in [0.25, 0.3) is 0 Å². The number of allylic oxidation sites excluding steroid dienone is 4. The Labute approximate surface area is 180 Å². The van der Waals surface area contributed by atoms with Crippen LogP contribution in [0.3, 0.4) is 0 Å². The summed E-state index contributed by atoms with van der Waals surface area (Å²) < 4.78 is 11.0. The Hall–Kier alpha value is -2.30. The Morgan fingerprint density at radius 3 is 1.40 bits per heavy atom. The monoisotopic (exact) mass is 404 g/mol. The van der Waals surface area contributed by atoms with Crippen LogP contribution in [-0.4, -0.2) is 62.4 Å². The predicted octanol–water partition coefficient (Wildman–Crippen LogP) is 4.47. The molecular weight excluding hydrogens is 372 g/mol. The second-order valence-corrected chi connectivity index (χ2v) is 8.46. The van der Waals surface area contributed by atoms with Crippen LogP contribution >= 0.6 is 0 Å². The third kappa shape index (κ3) is 4.40. The van der Waals surface area contributed by atoms with Crippen molar-refractivity contribution in [3.05, 3.63) is 70.1 Å². The van der Waals surface area contributed by atoms with Gasteiger partial charge in [-0.25, -0.2) is 0 Å². The van der Waals surface area contributed by atoms with E-state index in [1.807, 2.05) is 0 Å². The van der Waals surface area contributed by atoms with Gasteiger partial charge in [0.05, 0.1) is 26.4 Å². The van der Waals surface area contributed by atoms with Crippen LogP contribution in [0.15, 0.2) is 59.0 Å². The molecular formula is C26H32N2O2. The van der Waals surface area contributed by atoms with Crippen LogP contribution in [0.5, 0.6) is 0 Å². The number of hydrogen-bond donors (Lipinski definition) is 0. The third-order valence-corrected chi connectivity index (χ3v) is 6.48. The number of morpholine rings is 2. The van der Waals surface area contributed by atoms with Gasteiger partial charge in [0, 0.05) is 37.6 Å². The van der Waals surface area contributed by atoms with Crippen molar-refractivity contribution in [2.45, 2.75) is 25.7 Å². The van der Waals surface area contributed by atoms with Crippen molar-refractivity contribution < 1.29 is 9.47 Å². The molecule has 0 bridgehead atoms. The van der Waals surface area contributed by atoms with Gasteiger partial charge in [0.1, 0.15) is 0 Å². The molecule has 0 atom stereocenters. The van der Waals surface area contributed by atoms with E-state index in [-0.39, 0.29) is 0 Å². The number of benzene rings is 1. The summed E-state index contributed by atoms with van der Waals surface area (Å²) in [5, 5.41) is 0. The highest BCUT2D eigenvalue weighted by molar-refractivity contribution is 5.64. The van der Waals surface area contributed by atoms with Crippen molar-refractivity contribution in [3.8, 4) is 0 Å². The summed E-state index contributed by atoms with van der Waals surface area (Å²) in [6.07, 6.45) is 14.1. The van der Waals surface area contributed by atoms with Crippen molar-refractivity contribution in [3.63, 3.8) is 0 Å². The van der Waals surface area contributed by atoms with Crippen LogP contribution in [0.4, 0.5) is 0 Å². The predicted molar refractivity (Wildman–Crippen MR) is 122 cm³/mol. The van der Waals surface area contributed by atoms with Crippen molar-refractivity contribution in [1.29, 1.82) is 0 Å². The summed E-state index contributed by atoms with van der Waals surface area (Å²) in [5.41, 5.74) is 8.38. The molecule has 2 aliphatic carbocycles. The fourth-order valence-electron chi connectivity index (χ4n) is 4.90. The first-order valence-corrected chi connectivity index (χ1v) is 11.4. The molecule has 0 N–H and O–H groups in total. The molecule has 0 unspecified atom stereocenters. The highest BCUT2D eigenvalue weighted by Gasteiger charge is 2.21. The van der Waals surface area contributed by atoms with E-state index in [0.29, 0.717) is 0 Å². The van der Waals surface area contributed by atoms with E-state index in [1.54, 1.807) is 0 Å². The SMILES string of the molecule is C1=C(N2CCOCC2)/C(=C\c2ccc(/C=C3\CCC=C3N3CCOCC3)cc2)CC1. The van der Waals surface area contributed by atoms with Crippen LogP contribution in [0, 0.1) is 0 Å². The lowest BCUT2D eigenvalue weighted by atomic mass is 10.0. The molecule has 2 heterocycles. The molecule has 5 rings (SSSR count). The molecule has 0 saturated carbocycles. The van der Waals surface area contributed by atoms with Gasteiger partial charge in [-0.3, -0.25) is 0 Å². The molecule has 0 aromatic heterocycles. The van der Waals surface area contributed by atoms with Crippen molar-refractivity contribution in [2.24, 2.45) is 0 Å². The largest absolute Gasteiger partial charge is 0.378 e. The van der Waals surface area contributed by atoms with Gasteiger partial charge in [-0.15, -0.1) is 0 Å². The van der Waals surface area contributed by atoms with Crippen LogP contribution in [0.25, 0.3) is 12.2 Å². The average molecular weight is 405 g/mol. The molecule has 4 nitrogen and oxygen atoms in total. The van der Waals surface area contributed by atoms with E-state index < -0.39 is 0 Å². The van der Waals surface area contributed by atoms with E-state index >= 15 is 0 Å². The summed E-state index contributed by atoms with van der Waals surface area (Å²) in [5.74, 6) is 0. The first-order chi connectivity index (χ1) is 14.9. The average Bonchev–Trinajstić information content (AvgIpc) is 3.46. The van der Waals surface area contributed by atoms with Crippen LogP contribution < -0.4 is 0 Å². The minimum atomic E-state index is 0.842. The minimum Gasteiger partial charge on any atom is -0.378 e. The maximum absolute atomic E-state index is 5.52. The Balaban J connectivity index is 1.29. The lowest BCUT2D eigenvalue weighted by Crippen LogP contribution is -2.35. The molecule has 158 valence electrons. The van der Waals surface area contributed by atoms with E-state index in [9.17, 15) is 0 Å². The van der Waals surface area contributed by atoms with Crippen LogP contribution in [-0.2, 0) is 9.47 Å². The maximum Gasteiger partial charge on any atom is 0.0642 e. The Bertz CT molecular complexity index is 794. The van der Waals surface area contributed by atoms with Gasteiger partial charge >= 0.3 is 0 Å². The van der Waals surface area contributed by atoms with Crippen LogP contribution in [0.1, 0.15) is 36.8 Å². The second kappa shape index (κ2) is 9.23. The Kier molecular flexibility index (Phi) is 6.05. The van der Waals surface area contributed by atoms with Gasteiger partial charge in [-0.2, -0.15) is 0 Å². The first-order valence-electron chi connectivity index (χ1n) is 11.4. The summed E-state index contributed by atoms with van der Waals surface area (Å²) in [6, 6.07) is 9.06. The van der Waals surface area contributed by atoms with E-state index in [4.69, 9.17) is 9.47 Å². The standard InChI is InChI=1S/C26H32N2O2/c1-3-23(25(5-1)27-11-15-29-16-12-27)19-21-7-9-22(10-8-21)20-24-4-2-6-26(24)28-13-17-30-18-14-28/h5-10,19-20H,1-4,11-18H2/b23-19-,24-20+. The molecule has 0 amide bonds. The molecule has 4 aliphatic rings. The summed E-state index contributed by atoms with van der Waals surface area (Å²) in [4.78, 5) is 4.97. The molecule has 2 fully saturated rings. The molecule has 0 radical (unpaired) electrons. The highest BCUT2D eigenvalue weighted by atomic mass is 16.5. The van der Waals surface area contributed by atoms with Gasteiger partial charge in [0.2, 0.25) is 0 Å². The first kappa shape index (κ1) is 19.7. The summed E-state index contributed by atoms with van der Waals surface area (Å²) in [6.45, 7) is 7.40. The van der Waals surface area contributed by atoms with Gasteiger partial charge in [-0.05, 0) is 60.1 Å². The Morgan fingerprint density at radius 1 is 0.600 bits per heavy atom. The third-order valence-electron chi connectivity index (χ3n) is 6.48. The normalized spacial score (nSPS) is 25.2. The van der Waals surface area contributed by atoms with Gasteiger partial charge in [0.15, 0.2) is 0 Å².